The van der Waals surface area contributed by atoms with Crippen molar-refractivity contribution in [3.63, 3.8) is 0 Å². The van der Waals surface area contributed by atoms with Crippen molar-refractivity contribution in [3.05, 3.63) is 75.3 Å². The summed E-state index contributed by atoms with van der Waals surface area (Å²) >= 11 is 8.89. The predicted octanol–water partition coefficient (Wildman–Crippen LogP) is 5.68. The summed E-state index contributed by atoms with van der Waals surface area (Å²) < 4.78 is 12.2. The molecule has 0 saturated carbocycles. The van der Waals surface area contributed by atoms with E-state index in [1.807, 2.05) is 6.07 Å². The van der Waals surface area contributed by atoms with Gasteiger partial charge in [0.05, 0.1) is 36.4 Å². The van der Waals surface area contributed by atoms with Crippen molar-refractivity contribution < 1.29 is 23.5 Å². The summed E-state index contributed by atoms with van der Waals surface area (Å²) in [5.41, 5.74) is 2.15. The Morgan fingerprint density at radius 1 is 1.15 bits per heavy atom. The average molecular weight is 614 g/mol. The van der Waals surface area contributed by atoms with Crippen LogP contribution >= 0.6 is 34.7 Å². The highest BCUT2D eigenvalue weighted by atomic mass is 35.5. The molecule has 0 unspecified atom stereocenters. The van der Waals surface area contributed by atoms with Crippen LogP contribution in [0.5, 0.6) is 0 Å². The molecule has 10 nitrogen and oxygen atoms in total. The minimum atomic E-state index is -0.406. The molecule has 3 aromatic heterocycles. The average Bonchev–Trinajstić information content (AvgIpc) is 3.67. The molecule has 214 valence electrons. The van der Waals surface area contributed by atoms with Crippen LogP contribution in [-0.2, 0) is 28.9 Å². The molecule has 0 atom stereocenters. The number of benzene rings is 1. The first-order chi connectivity index (χ1) is 19.9. The van der Waals surface area contributed by atoms with E-state index in [9.17, 15) is 14.4 Å². The van der Waals surface area contributed by atoms with Gasteiger partial charge in [0.1, 0.15) is 5.00 Å². The van der Waals surface area contributed by atoms with Crippen LogP contribution in [0.1, 0.15) is 63.4 Å². The normalized spacial score (nSPS) is 12.8. The maximum atomic E-state index is 13.1. The Morgan fingerprint density at radius 3 is 2.78 bits per heavy atom. The molecule has 13 heteroatoms. The number of nitrogens with one attached hydrogen (secondary N) is 2. The van der Waals surface area contributed by atoms with Crippen LogP contribution in [0.15, 0.2) is 52.2 Å². The van der Waals surface area contributed by atoms with Gasteiger partial charge in [-0.05, 0) is 68.5 Å². The van der Waals surface area contributed by atoms with Gasteiger partial charge in [-0.1, -0.05) is 35.9 Å². The van der Waals surface area contributed by atoms with Gasteiger partial charge in [-0.3, -0.25) is 14.2 Å². The van der Waals surface area contributed by atoms with Gasteiger partial charge in [0, 0.05) is 9.90 Å². The summed E-state index contributed by atoms with van der Waals surface area (Å²) in [4.78, 5) is 39.5. The molecule has 0 bridgehead atoms. The number of carbonyl (C=O) groups is 3. The molecular formula is C28H28ClN5O5S2. The van der Waals surface area contributed by atoms with Crippen molar-refractivity contribution in [1.29, 1.82) is 0 Å². The summed E-state index contributed by atoms with van der Waals surface area (Å²) in [6.45, 7) is 2.09. The molecule has 2 N–H and O–H groups in total. The summed E-state index contributed by atoms with van der Waals surface area (Å²) in [5.74, 6) is -0.444. The van der Waals surface area contributed by atoms with E-state index >= 15 is 0 Å². The maximum Gasteiger partial charge on any atom is 0.341 e. The lowest BCUT2D eigenvalue weighted by atomic mass is 10.1. The summed E-state index contributed by atoms with van der Waals surface area (Å²) in [6.07, 6.45) is 6.28. The maximum absolute atomic E-state index is 13.1. The largest absolute Gasteiger partial charge is 0.462 e. The number of nitrogens with zero attached hydrogens (tertiary/aromatic N) is 3. The standard InChI is InChI=1S/C28H28ClN5O5S2/c1-2-38-27(37)24-19-10-4-3-5-12-21(19)41-26(24)31-23(35)16-40-28-33-32-22(15-30-25(36)20-11-7-13-39-20)34(28)18-9-6-8-17(29)14-18/h6-9,11,13-14H,2-5,10,12,15-16H2,1H3,(H,30,36)(H,31,35). The number of carbonyl (C=O) groups excluding carboxylic acids is 3. The van der Waals surface area contributed by atoms with Gasteiger partial charge >= 0.3 is 5.97 Å². The van der Waals surface area contributed by atoms with Gasteiger partial charge < -0.3 is 19.8 Å². The van der Waals surface area contributed by atoms with Gasteiger partial charge in [-0.15, -0.1) is 21.5 Å². The number of esters is 1. The summed E-state index contributed by atoms with van der Waals surface area (Å²) in [6, 6.07) is 10.3. The number of furan rings is 1. The lowest BCUT2D eigenvalue weighted by molar-refractivity contribution is -0.113. The number of aromatic nitrogens is 3. The SMILES string of the molecule is CCOC(=O)c1c(NC(=O)CSc2nnc(CNC(=O)c3ccco3)n2-c2cccc(Cl)c2)sc2c1CCCCC2. The smallest absolute Gasteiger partial charge is 0.341 e. The van der Waals surface area contributed by atoms with E-state index in [4.69, 9.17) is 20.8 Å². The molecule has 0 saturated heterocycles. The van der Waals surface area contributed by atoms with Crippen molar-refractivity contribution >= 4 is 57.5 Å². The van der Waals surface area contributed by atoms with Crippen molar-refractivity contribution in [1.82, 2.24) is 20.1 Å². The van der Waals surface area contributed by atoms with Gasteiger partial charge in [0.2, 0.25) is 5.91 Å². The van der Waals surface area contributed by atoms with Crippen molar-refractivity contribution in [3.8, 4) is 5.69 Å². The number of anilines is 1. The Bertz CT molecular complexity index is 1550. The second-order valence-corrected chi connectivity index (χ2v) is 11.7. The number of aryl methyl sites for hydroxylation is 1. The van der Waals surface area contributed by atoms with Crippen LogP contribution in [0.25, 0.3) is 5.69 Å². The highest BCUT2D eigenvalue weighted by Crippen LogP contribution is 2.38. The monoisotopic (exact) mass is 613 g/mol. The number of halogens is 1. The highest BCUT2D eigenvalue weighted by Gasteiger charge is 2.27. The zero-order valence-corrected chi connectivity index (χ0v) is 24.7. The molecular weight excluding hydrogens is 586 g/mol. The van der Waals surface area contributed by atoms with Gasteiger partial charge in [-0.25, -0.2) is 4.79 Å². The van der Waals surface area contributed by atoms with E-state index in [0.29, 0.717) is 32.3 Å². The molecule has 1 aliphatic rings. The molecule has 1 aliphatic carbocycles. The van der Waals surface area contributed by atoms with E-state index < -0.39 is 11.9 Å². The molecule has 0 aliphatic heterocycles. The molecule has 0 spiro atoms. The fourth-order valence-corrected chi connectivity index (χ4v) is 6.83. The lowest BCUT2D eigenvalue weighted by Crippen LogP contribution is -2.24. The highest BCUT2D eigenvalue weighted by molar-refractivity contribution is 7.99. The van der Waals surface area contributed by atoms with Gasteiger partial charge in [-0.2, -0.15) is 0 Å². The van der Waals surface area contributed by atoms with Crippen molar-refractivity contribution in [2.75, 3.05) is 17.7 Å². The Kier molecular flexibility index (Phi) is 9.42. The fraction of sp³-hybridized carbons (Fsp3) is 0.321. The van der Waals surface area contributed by atoms with E-state index in [-0.39, 0.29) is 30.6 Å². The molecule has 4 aromatic rings. The van der Waals surface area contributed by atoms with Gasteiger partial charge in [0.15, 0.2) is 16.7 Å². The first kappa shape index (κ1) is 28.9. The van der Waals surface area contributed by atoms with Crippen LogP contribution in [-0.4, -0.2) is 44.9 Å². The number of thiophene rings is 1. The van der Waals surface area contributed by atoms with Crippen LogP contribution in [0.2, 0.25) is 5.02 Å². The van der Waals surface area contributed by atoms with E-state index in [0.717, 1.165) is 42.5 Å². The second kappa shape index (κ2) is 13.4. The van der Waals surface area contributed by atoms with E-state index in [1.54, 1.807) is 41.8 Å². The Morgan fingerprint density at radius 2 is 2.00 bits per heavy atom. The zero-order valence-electron chi connectivity index (χ0n) is 22.3. The number of thioether (sulfide) groups is 1. The molecule has 0 radical (unpaired) electrons. The number of hydrogen-bond donors (Lipinski definition) is 2. The van der Waals surface area contributed by atoms with E-state index in [2.05, 4.69) is 20.8 Å². The molecule has 5 rings (SSSR count). The zero-order chi connectivity index (χ0) is 28.8. The van der Waals surface area contributed by atoms with Crippen molar-refractivity contribution in [2.24, 2.45) is 0 Å². The Labute approximate surface area is 249 Å². The van der Waals surface area contributed by atoms with Crippen molar-refractivity contribution in [2.45, 2.75) is 50.7 Å². The van der Waals surface area contributed by atoms with Crippen LogP contribution < -0.4 is 10.6 Å². The van der Waals surface area contributed by atoms with E-state index in [1.165, 1.54) is 29.4 Å². The minimum Gasteiger partial charge on any atom is -0.462 e. The third-order valence-corrected chi connectivity index (χ3v) is 8.78. The fourth-order valence-electron chi connectivity index (χ4n) is 4.58. The number of fused-ring (bicyclic) bond motifs is 1. The Hall–Kier alpha value is -3.61. The topological polar surface area (TPSA) is 128 Å². The molecule has 2 amide bonds. The molecule has 3 heterocycles. The second-order valence-electron chi connectivity index (χ2n) is 9.20. The third-order valence-electron chi connectivity index (χ3n) is 6.40. The molecule has 1 aromatic carbocycles. The Balaban J connectivity index is 1.33. The van der Waals surface area contributed by atoms with Gasteiger partial charge in [0.25, 0.3) is 5.91 Å². The first-order valence-corrected chi connectivity index (χ1v) is 15.4. The minimum absolute atomic E-state index is 0.0162. The molecule has 0 fully saturated rings. The number of rotatable bonds is 10. The first-order valence-electron chi connectivity index (χ1n) is 13.2. The molecule has 41 heavy (non-hydrogen) atoms. The number of ether oxygens (including phenoxy) is 1. The van der Waals surface area contributed by atoms with Crippen LogP contribution in [0, 0.1) is 0 Å². The summed E-state index contributed by atoms with van der Waals surface area (Å²) in [5, 5.41) is 15.7. The third kappa shape index (κ3) is 6.83. The number of amides is 2. The predicted molar refractivity (Wildman–Crippen MR) is 157 cm³/mol. The summed E-state index contributed by atoms with van der Waals surface area (Å²) in [7, 11) is 0. The lowest BCUT2D eigenvalue weighted by Gasteiger charge is -2.11. The van der Waals surface area contributed by atoms with Crippen LogP contribution in [0.4, 0.5) is 5.00 Å². The van der Waals surface area contributed by atoms with Crippen LogP contribution in [0.3, 0.4) is 0 Å². The quantitative estimate of drug-likeness (QED) is 0.133. The number of hydrogen-bond acceptors (Lipinski definition) is 9.